The second-order valence-corrected chi connectivity index (χ2v) is 4.25. The van der Waals surface area contributed by atoms with Gasteiger partial charge < -0.3 is 0 Å². The zero-order chi connectivity index (χ0) is 8.10. The van der Waals surface area contributed by atoms with Crippen LogP contribution in [0, 0.1) is 0 Å². The molecule has 0 spiro atoms. The Morgan fingerprint density at radius 3 is 2.45 bits per heavy atom. The third kappa shape index (κ3) is 1.63. The second kappa shape index (κ2) is 3.13. The molecule has 1 aromatic carbocycles. The fraction of sp³-hybridized carbons (Fsp3) is 0.125. The molecule has 0 heterocycles. The van der Waals surface area contributed by atoms with E-state index in [1.54, 1.807) is 0 Å². The van der Waals surface area contributed by atoms with Crippen molar-refractivity contribution >= 4 is 13.5 Å². The van der Waals surface area contributed by atoms with Gasteiger partial charge in [0.25, 0.3) is 0 Å². The van der Waals surface area contributed by atoms with Gasteiger partial charge in [-0.05, 0) is 0 Å². The Balaban J connectivity index is 2.74. The molecule has 0 saturated carbocycles. The summed E-state index contributed by atoms with van der Waals surface area (Å²) in [6.07, 6.45) is 0. The van der Waals surface area contributed by atoms with Crippen molar-refractivity contribution in [2.24, 2.45) is 0 Å². The van der Waals surface area contributed by atoms with Gasteiger partial charge in [-0.15, -0.1) is 0 Å². The van der Waals surface area contributed by atoms with Crippen LogP contribution in [0.15, 0.2) is 24.3 Å². The molecule has 0 amide bonds. The second-order valence-electron chi connectivity index (χ2n) is 1.80. The van der Waals surface area contributed by atoms with Crippen LogP contribution in [0.2, 0.25) is 0 Å². The molecular formula is C8H9CfO2. The first kappa shape index (κ1) is 6.96. The predicted molar refractivity (Wildman–Crippen MR) is 40.9 cm³/mol. The van der Waals surface area contributed by atoms with Crippen LogP contribution in [0.25, 0.3) is 0 Å². The molecule has 0 aliphatic heterocycles. The molecule has 63 valence electrons. The SMILES string of the molecule is [CH2]=[Cf][c]1ccc(OCO)cc1. The first-order chi connectivity index (χ1) is 5.36. The molecule has 11 heavy (non-hydrogen) atoms. The van der Waals surface area contributed by atoms with Crippen molar-refractivity contribution in [2.45, 2.75) is 0 Å². The molecule has 0 aromatic heterocycles. The van der Waals surface area contributed by atoms with E-state index in [1.807, 2.05) is 24.3 Å². The van der Waals surface area contributed by atoms with E-state index in [9.17, 15) is 0 Å². The Bertz CT molecular complexity index is 230. The van der Waals surface area contributed by atoms with E-state index in [2.05, 4.69) is 7.43 Å². The van der Waals surface area contributed by atoms with Crippen molar-refractivity contribution < 1.29 is 9.84 Å². The molecule has 0 fully saturated rings. The van der Waals surface area contributed by atoms with Gasteiger partial charge in [0.2, 0.25) is 0 Å². The van der Waals surface area contributed by atoms with Crippen molar-refractivity contribution in [3.05, 3.63) is 24.3 Å². The zero-order valence-electron chi connectivity index (χ0n) is 5.90. The molecule has 0 unspecified atom stereocenters. The summed E-state index contributed by atoms with van der Waals surface area (Å²) in [5.74, 6) is 0.709. The molecule has 0 saturated heterocycles. The number of hydrogen-bond acceptors (Lipinski definition) is 2. The summed E-state index contributed by atoms with van der Waals surface area (Å²) in [6, 6.07) is 9.01. The predicted octanol–water partition coefficient (Wildman–Crippen LogP) is 0.158. The molecule has 0 atom stereocenters. The average molecular weight is 388 g/mol. The van der Waals surface area contributed by atoms with E-state index in [0.717, 1.165) is 0 Å². The Morgan fingerprint density at radius 1 is 1.36 bits per heavy atom. The van der Waals surface area contributed by atoms with Crippen LogP contribution >= 0.6 is 0 Å². The first-order valence-electron chi connectivity index (χ1n) is 3.01. The zero-order valence-corrected chi connectivity index (χ0v) is 8.53. The van der Waals surface area contributed by atoms with Crippen LogP contribution in [0.3, 0.4) is 0 Å². The van der Waals surface area contributed by atoms with Crippen molar-refractivity contribution in [2.75, 3.05) is 6.79 Å². The van der Waals surface area contributed by atoms with Gasteiger partial charge in [-0.25, -0.2) is 0 Å². The molecule has 0 aliphatic carbocycles. The number of benzene rings is 1. The number of ether oxygens (including phenoxy) is 1. The minimum absolute atomic E-state index is 0.262. The topological polar surface area (TPSA) is 29.5 Å². The Morgan fingerprint density at radius 2 is 2.00 bits per heavy atom. The summed E-state index contributed by atoms with van der Waals surface area (Å²) in [5.41, 5.74) is 0. The standard InChI is InChI=1S/C7H7O2.CH2.Cf/c8-6-9-7-4-2-1-3-5-7;;/h2-5,8H,6H2;1H2;. The van der Waals surface area contributed by atoms with Gasteiger partial charge in [0.15, 0.2) is 0 Å². The third-order valence-corrected chi connectivity index (χ3v) is 3.11. The molecule has 0 radical (unpaired) electrons. The van der Waals surface area contributed by atoms with Crippen molar-refractivity contribution in [1.82, 2.24) is 0 Å². The van der Waals surface area contributed by atoms with Crippen molar-refractivity contribution in [3.8, 4) is 5.75 Å². The molecule has 1 N–H and O–H groups in total. The van der Waals surface area contributed by atoms with Crippen LogP contribution in [-0.4, -0.2) is 19.3 Å². The quantitative estimate of drug-likeness (QED) is 0.748. The minimum atomic E-state index is -0.378. The van der Waals surface area contributed by atoms with E-state index in [4.69, 9.17) is 9.84 Å². The fourth-order valence-electron chi connectivity index (χ4n) is 0.670. The molecular weight excluding hydrogens is 379 g/mol. The Labute approximate surface area is 61.1 Å². The number of rotatable bonds is 3. The number of aliphatic hydroxyl groups excluding tert-OH is 1. The van der Waals surface area contributed by atoms with E-state index in [1.165, 1.54) is 6.07 Å². The van der Waals surface area contributed by atoms with Crippen LogP contribution in [0.4, 0.5) is 0 Å². The number of hydrogen-bond donors (Lipinski definition) is 1. The summed E-state index contributed by atoms with van der Waals surface area (Å²) >= 11 is 0. The maximum absolute atomic E-state index is 8.42. The molecule has 0 aliphatic rings. The van der Waals surface area contributed by atoms with E-state index >= 15 is 0 Å². The van der Waals surface area contributed by atoms with Gasteiger partial charge in [0.1, 0.15) is 0 Å². The fourth-order valence-corrected chi connectivity index (χ4v) is 1.73. The van der Waals surface area contributed by atoms with E-state index in [0.29, 0.717) is 5.75 Å². The molecule has 1 rings (SSSR count). The van der Waals surface area contributed by atoms with Gasteiger partial charge in [0.05, 0.1) is 0 Å². The van der Waals surface area contributed by atoms with Crippen molar-refractivity contribution in [1.29, 1.82) is 0 Å². The summed E-state index contributed by atoms with van der Waals surface area (Å²) < 4.78 is 4.48. The molecule has 0 bridgehead atoms. The van der Waals surface area contributed by atoms with E-state index in [-0.39, 0.29) is 6.79 Å². The van der Waals surface area contributed by atoms with Gasteiger partial charge in [-0.1, -0.05) is 0 Å². The van der Waals surface area contributed by atoms with Crippen LogP contribution in [0.5, 0.6) is 5.75 Å². The summed E-state index contributed by atoms with van der Waals surface area (Å²) in [7, 11) is 3.89. The van der Waals surface area contributed by atoms with Crippen LogP contribution in [-0.2, 0) is 0 Å². The average Bonchev–Trinajstić information content (AvgIpc) is 2.07. The normalized spacial score (nSPS) is 8.82. The molecule has 1 aromatic rings. The maximum atomic E-state index is 8.42. The van der Waals surface area contributed by atoms with Gasteiger partial charge in [0, 0.05) is 0 Å². The summed E-state index contributed by atoms with van der Waals surface area (Å²) in [4.78, 5) is 0. The van der Waals surface area contributed by atoms with Gasteiger partial charge >= 0.3 is 60.1 Å². The molecule has 2 nitrogen and oxygen atoms in total. The summed E-state index contributed by atoms with van der Waals surface area (Å²) in [5, 5.41) is 8.42. The monoisotopic (exact) mass is 386 g/mol. The van der Waals surface area contributed by atoms with Crippen LogP contribution < -0.4 is 10.8 Å². The summed E-state index contributed by atoms with van der Waals surface area (Å²) in [6.45, 7) is -0.262. The Hall–Kier alpha value is -2.15. The first-order valence-corrected chi connectivity index (χ1v) is 6.19. The van der Waals surface area contributed by atoms with E-state index < -0.39 is 0 Å². The Kier molecular flexibility index (Phi) is 1.98. The van der Waals surface area contributed by atoms with Crippen LogP contribution in [0.1, 0.15) is 0 Å². The third-order valence-electron chi connectivity index (χ3n) is 1.15. The molecule has 3 heteroatoms. The van der Waals surface area contributed by atoms with Gasteiger partial charge in [-0.2, -0.15) is 0 Å². The van der Waals surface area contributed by atoms with Crippen molar-refractivity contribution in [3.63, 3.8) is 0 Å². The van der Waals surface area contributed by atoms with Gasteiger partial charge in [-0.3, -0.25) is 0 Å². The number of aliphatic hydroxyl groups is 1.